The van der Waals surface area contributed by atoms with Crippen LogP contribution in [-0.2, 0) is 18.3 Å². The molecular formula is C20H27BrN4O2. The Bertz CT molecular complexity index is 726. The van der Waals surface area contributed by atoms with Crippen molar-refractivity contribution in [1.29, 1.82) is 0 Å². The first kappa shape index (κ1) is 19.9. The number of amides is 2. The van der Waals surface area contributed by atoms with Gasteiger partial charge in [0.15, 0.2) is 0 Å². The zero-order valence-corrected chi connectivity index (χ0v) is 17.3. The van der Waals surface area contributed by atoms with Gasteiger partial charge in [0.2, 0.25) is 0 Å². The largest absolute Gasteiger partial charge is 0.379 e. The first-order valence-electron chi connectivity index (χ1n) is 9.33. The fourth-order valence-electron chi connectivity index (χ4n) is 3.15. The van der Waals surface area contributed by atoms with Crippen molar-refractivity contribution < 1.29 is 9.53 Å². The van der Waals surface area contributed by atoms with Gasteiger partial charge in [-0.3, -0.25) is 4.90 Å². The molecule has 1 aromatic heterocycles. The lowest BCUT2D eigenvalue weighted by Crippen LogP contribution is -2.40. The number of ether oxygens (including phenoxy) is 1. The third kappa shape index (κ3) is 6.09. The van der Waals surface area contributed by atoms with Crippen LogP contribution in [0.1, 0.15) is 12.1 Å². The summed E-state index contributed by atoms with van der Waals surface area (Å²) in [6.45, 7) is 5.85. The fraction of sp³-hybridized carbons (Fsp3) is 0.450. The Morgan fingerprint density at radius 1 is 1.22 bits per heavy atom. The molecule has 6 nitrogen and oxygen atoms in total. The number of benzene rings is 1. The maximum atomic E-state index is 12.9. The van der Waals surface area contributed by atoms with E-state index in [0.29, 0.717) is 13.1 Å². The third-order valence-electron chi connectivity index (χ3n) is 4.79. The van der Waals surface area contributed by atoms with Crippen LogP contribution in [0.4, 0.5) is 10.5 Å². The van der Waals surface area contributed by atoms with E-state index in [1.165, 1.54) is 0 Å². The SMILES string of the molecule is Cn1cccc1CN(CCCN1CCOCC1)C(=O)Nc1ccc(Br)cc1. The molecule has 2 aromatic rings. The minimum atomic E-state index is -0.0690. The number of nitrogens with zero attached hydrogens (tertiary/aromatic N) is 3. The summed E-state index contributed by atoms with van der Waals surface area (Å²) in [4.78, 5) is 17.2. The molecular weight excluding hydrogens is 408 g/mol. The van der Waals surface area contributed by atoms with Crippen molar-refractivity contribution in [3.63, 3.8) is 0 Å². The molecule has 1 aromatic carbocycles. The number of urea groups is 1. The van der Waals surface area contributed by atoms with Gasteiger partial charge in [0.1, 0.15) is 0 Å². The molecule has 1 fully saturated rings. The minimum Gasteiger partial charge on any atom is -0.379 e. The fourth-order valence-corrected chi connectivity index (χ4v) is 3.42. The number of aryl methyl sites for hydroxylation is 1. The number of morpholine rings is 1. The zero-order chi connectivity index (χ0) is 19.1. The summed E-state index contributed by atoms with van der Waals surface area (Å²) in [6, 6.07) is 11.6. The van der Waals surface area contributed by atoms with Gasteiger partial charge >= 0.3 is 6.03 Å². The van der Waals surface area contributed by atoms with E-state index in [-0.39, 0.29) is 6.03 Å². The molecule has 0 bridgehead atoms. The number of halogens is 1. The van der Waals surface area contributed by atoms with Gasteiger partial charge in [0.25, 0.3) is 0 Å². The lowest BCUT2D eigenvalue weighted by atomic mass is 10.3. The van der Waals surface area contributed by atoms with Crippen LogP contribution < -0.4 is 5.32 Å². The second-order valence-electron chi connectivity index (χ2n) is 6.78. The molecule has 146 valence electrons. The molecule has 7 heteroatoms. The van der Waals surface area contributed by atoms with Gasteiger partial charge in [-0.15, -0.1) is 0 Å². The first-order valence-corrected chi connectivity index (χ1v) is 10.1. The number of rotatable bonds is 7. The molecule has 1 N–H and O–H groups in total. The maximum absolute atomic E-state index is 12.9. The van der Waals surface area contributed by atoms with Gasteiger partial charge in [0.05, 0.1) is 19.8 Å². The smallest absolute Gasteiger partial charge is 0.322 e. The molecule has 0 radical (unpaired) electrons. The number of aromatic nitrogens is 1. The summed E-state index contributed by atoms with van der Waals surface area (Å²) >= 11 is 3.42. The zero-order valence-electron chi connectivity index (χ0n) is 15.7. The Hall–Kier alpha value is -1.83. The van der Waals surface area contributed by atoms with Crippen molar-refractivity contribution in [3.8, 4) is 0 Å². The minimum absolute atomic E-state index is 0.0690. The molecule has 2 amide bonds. The summed E-state index contributed by atoms with van der Waals surface area (Å²) in [5, 5.41) is 3.01. The lowest BCUT2D eigenvalue weighted by molar-refractivity contribution is 0.0365. The molecule has 1 aliphatic rings. The Morgan fingerprint density at radius 3 is 2.63 bits per heavy atom. The van der Waals surface area contributed by atoms with Gasteiger partial charge in [-0.2, -0.15) is 0 Å². The molecule has 0 saturated carbocycles. The van der Waals surface area contributed by atoms with Crippen LogP contribution in [0, 0.1) is 0 Å². The van der Waals surface area contributed by atoms with Crippen LogP contribution >= 0.6 is 15.9 Å². The average Bonchev–Trinajstić information content (AvgIpc) is 3.08. The van der Waals surface area contributed by atoms with Crippen LogP contribution in [0.3, 0.4) is 0 Å². The number of anilines is 1. The first-order chi connectivity index (χ1) is 13.1. The van der Waals surface area contributed by atoms with Crippen molar-refractivity contribution in [3.05, 3.63) is 52.8 Å². The average molecular weight is 435 g/mol. The van der Waals surface area contributed by atoms with Crippen molar-refractivity contribution >= 4 is 27.6 Å². The highest BCUT2D eigenvalue weighted by Crippen LogP contribution is 2.15. The predicted molar refractivity (Wildman–Crippen MR) is 111 cm³/mol. The van der Waals surface area contributed by atoms with E-state index in [4.69, 9.17) is 4.74 Å². The van der Waals surface area contributed by atoms with E-state index in [0.717, 1.165) is 55.1 Å². The van der Waals surface area contributed by atoms with Crippen LogP contribution in [0.2, 0.25) is 0 Å². The van der Waals surface area contributed by atoms with E-state index in [2.05, 4.69) is 36.8 Å². The summed E-state index contributed by atoms with van der Waals surface area (Å²) in [7, 11) is 2.01. The Kier molecular flexibility index (Phi) is 7.32. The van der Waals surface area contributed by atoms with Crippen LogP contribution in [-0.4, -0.2) is 59.8 Å². The quantitative estimate of drug-likeness (QED) is 0.724. The highest BCUT2D eigenvalue weighted by molar-refractivity contribution is 9.10. The van der Waals surface area contributed by atoms with E-state index in [1.807, 2.05) is 48.5 Å². The van der Waals surface area contributed by atoms with Crippen molar-refractivity contribution in [1.82, 2.24) is 14.4 Å². The number of hydrogen-bond donors (Lipinski definition) is 1. The number of nitrogens with one attached hydrogen (secondary N) is 1. The van der Waals surface area contributed by atoms with Crippen molar-refractivity contribution in [2.75, 3.05) is 44.7 Å². The number of carbonyl (C=O) groups excluding carboxylic acids is 1. The van der Waals surface area contributed by atoms with Crippen molar-refractivity contribution in [2.24, 2.45) is 7.05 Å². The summed E-state index contributed by atoms with van der Waals surface area (Å²) in [6.07, 6.45) is 2.95. The summed E-state index contributed by atoms with van der Waals surface area (Å²) in [5.41, 5.74) is 1.92. The molecule has 1 saturated heterocycles. The summed E-state index contributed by atoms with van der Waals surface area (Å²) < 4.78 is 8.45. The topological polar surface area (TPSA) is 49.7 Å². The summed E-state index contributed by atoms with van der Waals surface area (Å²) in [5.74, 6) is 0. The van der Waals surface area contributed by atoms with E-state index in [1.54, 1.807) is 0 Å². The van der Waals surface area contributed by atoms with Gasteiger partial charge < -0.3 is 19.5 Å². The maximum Gasteiger partial charge on any atom is 0.322 e. The molecule has 0 atom stereocenters. The Morgan fingerprint density at radius 2 is 1.96 bits per heavy atom. The standard InChI is InChI=1S/C20H27BrN4O2/c1-23-9-2-4-19(23)16-25(11-3-10-24-12-14-27-15-13-24)20(26)22-18-7-5-17(21)6-8-18/h2,4-9H,3,10-16H2,1H3,(H,22,26). The highest BCUT2D eigenvalue weighted by atomic mass is 79.9. The second-order valence-corrected chi connectivity index (χ2v) is 7.69. The molecule has 0 spiro atoms. The van der Waals surface area contributed by atoms with Gasteiger partial charge in [-0.25, -0.2) is 4.79 Å². The molecule has 0 unspecified atom stereocenters. The lowest BCUT2D eigenvalue weighted by Gasteiger charge is -2.28. The highest BCUT2D eigenvalue weighted by Gasteiger charge is 2.17. The third-order valence-corrected chi connectivity index (χ3v) is 5.32. The predicted octanol–water partition coefficient (Wildman–Crippen LogP) is 3.54. The molecule has 1 aliphatic heterocycles. The number of carbonyl (C=O) groups is 1. The molecule has 3 rings (SSSR count). The molecule has 0 aliphatic carbocycles. The van der Waals surface area contributed by atoms with E-state index in [9.17, 15) is 4.79 Å². The van der Waals surface area contributed by atoms with E-state index < -0.39 is 0 Å². The number of hydrogen-bond acceptors (Lipinski definition) is 3. The van der Waals surface area contributed by atoms with Crippen molar-refractivity contribution in [2.45, 2.75) is 13.0 Å². The van der Waals surface area contributed by atoms with Crippen LogP contribution in [0.5, 0.6) is 0 Å². The Labute approximate surface area is 169 Å². The molecule has 27 heavy (non-hydrogen) atoms. The normalized spacial score (nSPS) is 14.9. The van der Waals surface area contributed by atoms with Gasteiger partial charge in [-0.05, 0) is 42.8 Å². The van der Waals surface area contributed by atoms with Gasteiger partial charge in [-0.1, -0.05) is 15.9 Å². The van der Waals surface area contributed by atoms with E-state index >= 15 is 0 Å². The molecule has 2 heterocycles. The monoisotopic (exact) mass is 434 g/mol. The Balaban J connectivity index is 1.60. The van der Waals surface area contributed by atoms with Crippen LogP contribution in [0.15, 0.2) is 47.1 Å². The second kappa shape index (κ2) is 9.92. The van der Waals surface area contributed by atoms with Crippen LogP contribution in [0.25, 0.3) is 0 Å². The van der Waals surface area contributed by atoms with Gasteiger partial charge in [0, 0.05) is 55.3 Å².